The second-order valence-corrected chi connectivity index (χ2v) is 9.60. The minimum Gasteiger partial charge on any atom is -0.463 e. The van der Waals surface area contributed by atoms with Crippen LogP contribution in [0.3, 0.4) is 0 Å². The Bertz CT molecular complexity index is 1730. The molecule has 0 radical (unpaired) electrons. The molecule has 0 saturated heterocycles. The van der Waals surface area contributed by atoms with Crippen LogP contribution in [0, 0.1) is 18.6 Å². The molecule has 41 heavy (non-hydrogen) atoms. The number of benzene rings is 3. The number of alkyl halides is 3. The van der Waals surface area contributed by atoms with Gasteiger partial charge in [-0.15, -0.1) is 4.99 Å². The third-order valence-electron chi connectivity index (χ3n) is 6.22. The predicted molar refractivity (Wildman–Crippen MR) is 140 cm³/mol. The number of nitrogens with zero attached hydrogens (tertiary/aromatic N) is 3. The van der Waals surface area contributed by atoms with Gasteiger partial charge in [0.25, 0.3) is 5.91 Å². The monoisotopic (exact) mass is 592 g/mol. The van der Waals surface area contributed by atoms with Crippen LogP contribution in [0.1, 0.15) is 32.6 Å². The molecule has 1 heterocycles. The molecule has 13 heteroatoms. The molecule has 4 aromatic rings. The van der Waals surface area contributed by atoms with Crippen LogP contribution < -0.4 is 10.9 Å². The van der Waals surface area contributed by atoms with Gasteiger partial charge in [0, 0.05) is 36.6 Å². The second kappa shape index (κ2) is 11.6. The van der Waals surface area contributed by atoms with Crippen molar-refractivity contribution in [3.05, 3.63) is 111 Å². The number of rotatable bonds is 6. The normalized spacial score (nSPS) is 12.0. The number of hydrogen-bond donors (Lipinski definition) is 2. The van der Waals surface area contributed by atoms with Gasteiger partial charge in [0.15, 0.2) is 0 Å². The van der Waals surface area contributed by atoms with Crippen LogP contribution in [0.2, 0.25) is 5.02 Å². The highest BCUT2D eigenvalue weighted by molar-refractivity contribution is 6.31. The highest BCUT2D eigenvalue weighted by Crippen LogP contribution is 2.39. The van der Waals surface area contributed by atoms with Gasteiger partial charge in [-0.25, -0.2) is 13.6 Å². The molecule has 0 atom stereocenters. The molecule has 0 bridgehead atoms. The van der Waals surface area contributed by atoms with Crippen molar-refractivity contribution in [1.29, 1.82) is 0 Å². The third kappa shape index (κ3) is 6.65. The van der Waals surface area contributed by atoms with Gasteiger partial charge in [0.1, 0.15) is 11.6 Å². The van der Waals surface area contributed by atoms with Crippen molar-refractivity contribution in [3.63, 3.8) is 0 Å². The summed E-state index contributed by atoms with van der Waals surface area (Å²) in [4.78, 5) is 27.9. The maximum atomic E-state index is 15.8. The molecule has 0 aliphatic heterocycles. The maximum absolute atomic E-state index is 15.8. The first kappa shape index (κ1) is 29.5. The average Bonchev–Trinajstić information content (AvgIpc) is 3.23. The van der Waals surface area contributed by atoms with Crippen LogP contribution >= 0.6 is 11.6 Å². The van der Waals surface area contributed by atoms with Crippen molar-refractivity contribution in [2.75, 3.05) is 0 Å². The molecule has 0 spiro atoms. The molecule has 0 aliphatic rings. The zero-order valence-electron chi connectivity index (χ0n) is 21.6. The van der Waals surface area contributed by atoms with Gasteiger partial charge in [-0.1, -0.05) is 29.8 Å². The summed E-state index contributed by atoms with van der Waals surface area (Å²) in [5, 5.41) is 12.2. The van der Waals surface area contributed by atoms with Crippen LogP contribution in [0.25, 0.3) is 11.1 Å². The molecule has 0 aliphatic carbocycles. The van der Waals surface area contributed by atoms with Crippen molar-refractivity contribution in [3.8, 4) is 11.1 Å². The largest absolute Gasteiger partial charge is 0.463 e. The van der Waals surface area contributed by atoms with E-state index in [1.165, 1.54) is 28.6 Å². The van der Waals surface area contributed by atoms with E-state index in [4.69, 9.17) is 16.7 Å². The molecule has 1 aromatic heterocycles. The number of aryl methyl sites for hydroxylation is 2. The SMILES string of the molecule is Cc1cc(CNC(=O)c2cc(Cn3ccn(C)c3=NC(=O)O)cc(-c3ccc(F)cc3C(F)(F)F)c2F)ccc1Cl. The zero-order valence-corrected chi connectivity index (χ0v) is 22.3. The Kier molecular flexibility index (Phi) is 8.34. The summed E-state index contributed by atoms with van der Waals surface area (Å²) in [7, 11) is 1.53. The average molecular weight is 593 g/mol. The fraction of sp³-hybridized carbons (Fsp3) is 0.179. The van der Waals surface area contributed by atoms with Crippen molar-refractivity contribution >= 4 is 23.6 Å². The summed E-state index contributed by atoms with van der Waals surface area (Å²) >= 11 is 6.03. The van der Waals surface area contributed by atoms with Crippen LogP contribution in [-0.2, 0) is 26.3 Å². The van der Waals surface area contributed by atoms with E-state index in [9.17, 15) is 27.2 Å². The first-order valence-corrected chi connectivity index (χ1v) is 12.3. The number of aromatic nitrogens is 2. The first-order valence-electron chi connectivity index (χ1n) is 12.0. The van der Waals surface area contributed by atoms with Crippen LogP contribution in [0.15, 0.2) is 65.9 Å². The maximum Gasteiger partial charge on any atom is 0.434 e. The third-order valence-corrected chi connectivity index (χ3v) is 6.64. The molecule has 3 aromatic carbocycles. The van der Waals surface area contributed by atoms with Crippen LogP contribution in [0.4, 0.5) is 26.7 Å². The van der Waals surface area contributed by atoms with Gasteiger partial charge in [-0.2, -0.15) is 13.2 Å². The highest BCUT2D eigenvalue weighted by Gasteiger charge is 2.35. The highest BCUT2D eigenvalue weighted by atomic mass is 35.5. The number of halogens is 6. The molecule has 0 fully saturated rings. The second-order valence-electron chi connectivity index (χ2n) is 9.19. The fourth-order valence-electron chi connectivity index (χ4n) is 4.28. The number of nitrogens with one attached hydrogen (secondary N) is 1. The van der Waals surface area contributed by atoms with Gasteiger partial charge in [0.2, 0.25) is 5.62 Å². The van der Waals surface area contributed by atoms with E-state index in [1.807, 2.05) is 0 Å². The van der Waals surface area contributed by atoms with Crippen LogP contribution in [0.5, 0.6) is 0 Å². The molecule has 0 saturated carbocycles. The predicted octanol–water partition coefficient (Wildman–Crippen LogP) is 6.31. The summed E-state index contributed by atoms with van der Waals surface area (Å²) in [5.74, 6) is -3.33. The number of amides is 2. The Hall–Kier alpha value is -4.45. The Balaban J connectivity index is 1.84. The summed E-state index contributed by atoms with van der Waals surface area (Å²) in [6.45, 7) is 1.55. The molecule has 214 valence electrons. The number of carbonyl (C=O) groups excluding carboxylic acids is 1. The fourth-order valence-corrected chi connectivity index (χ4v) is 4.40. The van der Waals surface area contributed by atoms with E-state index >= 15 is 4.39 Å². The standard InChI is InChI=1S/C28H22ClF5N4O3/c1-15-9-16(3-6-23(15)29)13-35-25(39)21-11-17(14-38-8-7-37(2)26(38)36-27(40)41)10-20(24(21)31)19-5-4-18(30)12-22(19)28(32,33)34/h3-12H,13-14H2,1-2H3,(H,35,39)(H,40,41). The van der Waals surface area contributed by atoms with E-state index in [0.717, 1.165) is 29.8 Å². The van der Waals surface area contributed by atoms with Crippen molar-refractivity contribution < 1.29 is 36.6 Å². The van der Waals surface area contributed by atoms with Crippen molar-refractivity contribution in [2.45, 2.75) is 26.2 Å². The van der Waals surface area contributed by atoms with Gasteiger partial charge in [-0.3, -0.25) is 4.79 Å². The van der Waals surface area contributed by atoms with E-state index in [0.29, 0.717) is 10.6 Å². The minimum atomic E-state index is -5.03. The van der Waals surface area contributed by atoms with Gasteiger partial charge in [0.05, 0.1) is 17.7 Å². The Labute approximate surface area is 235 Å². The summed E-state index contributed by atoms with van der Waals surface area (Å²) in [6, 6.07) is 9.05. The lowest BCUT2D eigenvalue weighted by Crippen LogP contribution is -2.27. The topological polar surface area (TPSA) is 88.6 Å². The summed E-state index contributed by atoms with van der Waals surface area (Å²) in [6.07, 6.45) is -3.56. The first-order chi connectivity index (χ1) is 19.2. The zero-order chi connectivity index (χ0) is 30.1. The lowest BCUT2D eigenvalue weighted by molar-refractivity contribution is -0.137. The molecule has 0 unspecified atom stereocenters. The quantitative estimate of drug-likeness (QED) is 0.257. The molecule has 2 amide bonds. The summed E-state index contributed by atoms with van der Waals surface area (Å²) in [5.41, 5.74) is -1.72. The smallest absolute Gasteiger partial charge is 0.434 e. The molecular formula is C28H22ClF5N4O3. The number of carboxylic acid groups (broad SMARTS) is 1. The van der Waals surface area contributed by atoms with Gasteiger partial charge in [-0.05, 0) is 59.5 Å². The van der Waals surface area contributed by atoms with E-state index < -0.39 is 52.1 Å². The van der Waals surface area contributed by atoms with Crippen molar-refractivity contribution in [1.82, 2.24) is 14.5 Å². The minimum absolute atomic E-state index is 0.0229. The number of hydrogen-bond acceptors (Lipinski definition) is 2. The Morgan fingerprint density at radius 2 is 1.73 bits per heavy atom. The molecular weight excluding hydrogens is 571 g/mol. The van der Waals surface area contributed by atoms with E-state index in [-0.39, 0.29) is 30.3 Å². The van der Waals surface area contributed by atoms with Gasteiger partial charge >= 0.3 is 12.3 Å². The number of carbonyl (C=O) groups is 2. The lowest BCUT2D eigenvalue weighted by Gasteiger charge is -2.17. The number of imidazole rings is 1. The molecule has 2 N–H and O–H groups in total. The lowest BCUT2D eigenvalue weighted by atomic mass is 9.94. The van der Waals surface area contributed by atoms with E-state index in [1.54, 1.807) is 25.1 Å². The molecule has 7 nitrogen and oxygen atoms in total. The molecule has 4 rings (SSSR count). The van der Waals surface area contributed by atoms with E-state index in [2.05, 4.69) is 10.3 Å². The van der Waals surface area contributed by atoms with Gasteiger partial charge < -0.3 is 19.6 Å². The van der Waals surface area contributed by atoms with Crippen LogP contribution in [-0.4, -0.2) is 26.2 Å². The van der Waals surface area contributed by atoms with Crippen molar-refractivity contribution in [2.24, 2.45) is 12.0 Å². The Morgan fingerprint density at radius 3 is 2.39 bits per heavy atom. The Morgan fingerprint density at radius 1 is 1.00 bits per heavy atom. The summed E-state index contributed by atoms with van der Waals surface area (Å²) < 4.78 is 73.9.